The Labute approximate surface area is 95.9 Å². The van der Waals surface area contributed by atoms with Gasteiger partial charge in [-0.2, -0.15) is 0 Å². The van der Waals surface area contributed by atoms with Gasteiger partial charge in [0.15, 0.2) is 0 Å². The number of halogens is 1. The molecule has 76 valence electrons. The minimum absolute atomic E-state index is 0.0642. The fraction of sp³-hybridized carbons (Fsp3) is 0.556. The summed E-state index contributed by atoms with van der Waals surface area (Å²) in [7, 11) is 0. The first-order chi connectivity index (χ1) is 6.77. The van der Waals surface area contributed by atoms with Crippen LogP contribution in [0.5, 0.6) is 0 Å². The van der Waals surface area contributed by atoms with Crippen molar-refractivity contribution in [1.29, 1.82) is 0 Å². The molecule has 4 nitrogen and oxygen atoms in total. The summed E-state index contributed by atoms with van der Waals surface area (Å²) in [4.78, 5) is 15.7. The highest BCUT2D eigenvalue weighted by Gasteiger charge is 2.15. The highest BCUT2D eigenvalue weighted by Crippen LogP contribution is 2.06. The van der Waals surface area contributed by atoms with Crippen LogP contribution in [0.25, 0.3) is 0 Å². The average molecular weight is 305 g/mol. The van der Waals surface area contributed by atoms with E-state index >= 15 is 0 Å². The maximum atomic E-state index is 11.6. The molecule has 1 fully saturated rings. The maximum Gasteiger partial charge on any atom is 0.266 e. The fourth-order valence-electron chi connectivity index (χ4n) is 1.70. The molecule has 2 rings (SSSR count). The minimum atomic E-state index is 0.0642. The monoisotopic (exact) mass is 305 g/mol. The molecule has 1 saturated heterocycles. The normalized spacial score (nSPS) is 21.4. The lowest BCUT2D eigenvalue weighted by Crippen LogP contribution is -2.33. The Bertz CT molecular complexity index is 371. The number of aromatic nitrogens is 2. The second-order valence-electron chi connectivity index (χ2n) is 3.49. The average Bonchev–Trinajstić information content (AvgIpc) is 2.66. The van der Waals surface area contributed by atoms with Gasteiger partial charge >= 0.3 is 0 Å². The molecule has 0 unspecified atom stereocenters. The van der Waals surface area contributed by atoms with E-state index in [1.54, 1.807) is 17.1 Å². The second-order valence-corrected chi connectivity index (χ2v) is 4.65. The summed E-state index contributed by atoms with van der Waals surface area (Å²) >= 11 is 2.02. The molecule has 1 atom stereocenters. The molecule has 1 aromatic rings. The van der Waals surface area contributed by atoms with E-state index in [0.29, 0.717) is 9.61 Å². The largest absolute Gasteiger partial charge is 0.312 e. The fourth-order valence-corrected chi connectivity index (χ4v) is 2.17. The molecule has 0 aliphatic carbocycles. The lowest BCUT2D eigenvalue weighted by atomic mass is 10.2. The number of nitrogens with one attached hydrogen (secondary N) is 1. The standard InChI is InChI=1S/C9H12IN3O/c10-8-4-11-6-13(9(8)14)5-7-2-1-3-12-7/h4,6-7,12H,1-3,5H2/t7-/m0/s1. The van der Waals surface area contributed by atoms with Crippen LogP contribution in [0.2, 0.25) is 0 Å². The van der Waals surface area contributed by atoms with Gasteiger partial charge in [-0.3, -0.25) is 9.36 Å². The topological polar surface area (TPSA) is 46.9 Å². The first kappa shape index (κ1) is 10.1. The van der Waals surface area contributed by atoms with Gasteiger partial charge in [0, 0.05) is 18.8 Å². The lowest BCUT2D eigenvalue weighted by Gasteiger charge is -2.11. The maximum absolute atomic E-state index is 11.6. The van der Waals surface area contributed by atoms with E-state index in [9.17, 15) is 4.79 Å². The van der Waals surface area contributed by atoms with Crippen LogP contribution < -0.4 is 10.9 Å². The van der Waals surface area contributed by atoms with Crippen molar-refractivity contribution >= 4 is 22.6 Å². The molecular weight excluding hydrogens is 293 g/mol. The summed E-state index contributed by atoms with van der Waals surface area (Å²) in [5.74, 6) is 0. The molecule has 0 spiro atoms. The van der Waals surface area contributed by atoms with Gasteiger partial charge < -0.3 is 5.32 Å². The predicted molar refractivity (Wildman–Crippen MR) is 62.2 cm³/mol. The van der Waals surface area contributed by atoms with E-state index in [-0.39, 0.29) is 5.56 Å². The first-order valence-corrected chi connectivity index (χ1v) is 5.78. The van der Waals surface area contributed by atoms with Gasteiger partial charge in [0.2, 0.25) is 0 Å². The number of rotatable bonds is 2. The van der Waals surface area contributed by atoms with E-state index in [4.69, 9.17) is 0 Å². The molecule has 2 heterocycles. The van der Waals surface area contributed by atoms with Crippen molar-refractivity contribution in [2.24, 2.45) is 0 Å². The summed E-state index contributed by atoms with van der Waals surface area (Å²) in [5.41, 5.74) is 0.0642. The predicted octanol–water partition coefficient (Wildman–Crippen LogP) is 0.600. The molecule has 1 aliphatic rings. The van der Waals surface area contributed by atoms with Gasteiger partial charge in [0.1, 0.15) is 0 Å². The van der Waals surface area contributed by atoms with Crippen LogP contribution in [-0.2, 0) is 6.54 Å². The number of hydrogen-bond acceptors (Lipinski definition) is 3. The Morgan fingerprint density at radius 2 is 2.57 bits per heavy atom. The van der Waals surface area contributed by atoms with Gasteiger partial charge in [-0.05, 0) is 42.0 Å². The van der Waals surface area contributed by atoms with Crippen molar-refractivity contribution in [1.82, 2.24) is 14.9 Å². The van der Waals surface area contributed by atoms with E-state index in [2.05, 4.69) is 10.3 Å². The van der Waals surface area contributed by atoms with E-state index in [0.717, 1.165) is 19.5 Å². The highest BCUT2D eigenvalue weighted by molar-refractivity contribution is 14.1. The summed E-state index contributed by atoms with van der Waals surface area (Å²) in [6, 6.07) is 0.438. The molecule has 1 aliphatic heterocycles. The third kappa shape index (κ3) is 2.14. The van der Waals surface area contributed by atoms with Gasteiger partial charge in [-0.1, -0.05) is 0 Å². The quantitative estimate of drug-likeness (QED) is 0.814. The molecular formula is C9H12IN3O. The van der Waals surface area contributed by atoms with Crippen LogP contribution in [0.1, 0.15) is 12.8 Å². The molecule has 14 heavy (non-hydrogen) atoms. The third-order valence-electron chi connectivity index (χ3n) is 2.44. The minimum Gasteiger partial charge on any atom is -0.312 e. The van der Waals surface area contributed by atoms with Gasteiger partial charge in [-0.15, -0.1) is 0 Å². The van der Waals surface area contributed by atoms with Crippen LogP contribution in [0.15, 0.2) is 17.3 Å². The Morgan fingerprint density at radius 3 is 3.29 bits per heavy atom. The molecule has 0 saturated carbocycles. The Hall–Kier alpha value is -0.430. The SMILES string of the molecule is O=c1c(I)cncn1C[C@@H]1CCCN1. The van der Waals surface area contributed by atoms with Gasteiger partial charge in [-0.25, -0.2) is 4.98 Å². The van der Waals surface area contributed by atoms with Crippen molar-refractivity contribution in [3.63, 3.8) is 0 Å². The van der Waals surface area contributed by atoms with Gasteiger partial charge in [0.05, 0.1) is 9.90 Å². The zero-order valence-corrected chi connectivity index (χ0v) is 9.90. The van der Waals surface area contributed by atoms with Crippen LogP contribution in [0.4, 0.5) is 0 Å². The Morgan fingerprint density at radius 1 is 1.71 bits per heavy atom. The Kier molecular flexibility index (Phi) is 3.17. The zero-order chi connectivity index (χ0) is 9.97. The molecule has 0 bridgehead atoms. The number of hydrogen-bond donors (Lipinski definition) is 1. The molecule has 0 amide bonds. The van der Waals surface area contributed by atoms with E-state index < -0.39 is 0 Å². The summed E-state index contributed by atoms with van der Waals surface area (Å²) in [5, 5.41) is 3.36. The van der Waals surface area contributed by atoms with E-state index in [1.807, 2.05) is 22.6 Å². The van der Waals surface area contributed by atoms with Crippen LogP contribution in [-0.4, -0.2) is 22.1 Å². The summed E-state index contributed by atoms with van der Waals surface area (Å²) in [6.07, 6.45) is 5.57. The van der Waals surface area contributed by atoms with Crippen molar-refractivity contribution < 1.29 is 0 Å². The molecule has 1 aromatic heterocycles. The van der Waals surface area contributed by atoms with Crippen LogP contribution >= 0.6 is 22.6 Å². The third-order valence-corrected chi connectivity index (χ3v) is 3.18. The lowest BCUT2D eigenvalue weighted by molar-refractivity contribution is 0.493. The van der Waals surface area contributed by atoms with Crippen LogP contribution in [0, 0.1) is 3.57 Å². The first-order valence-electron chi connectivity index (χ1n) is 4.70. The molecule has 1 N–H and O–H groups in total. The Balaban J connectivity index is 2.16. The van der Waals surface area contributed by atoms with Crippen molar-refractivity contribution in [2.45, 2.75) is 25.4 Å². The summed E-state index contributed by atoms with van der Waals surface area (Å²) in [6.45, 7) is 1.81. The summed E-state index contributed by atoms with van der Waals surface area (Å²) < 4.78 is 2.37. The van der Waals surface area contributed by atoms with Crippen molar-refractivity contribution in [3.05, 3.63) is 26.4 Å². The second kappa shape index (κ2) is 4.39. The van der Waals surface area contributed by atoms with Gasteiger partial charge in [0.25, 0.3) is 5.56 Å². The smallest absolute Gasteiger partial charge is 0.266 e. The van der Waals surface area contributed by atoms with E-state index in [1.165, 1.54) is 6.42 Å². The van der Waals surface area contributed by atoms with Crippen molar-refractivity contribution in [3.8, 4) is 0 Å². The molecule has 0 radical (unpaired) electrons. The van der Waals surface area contributed by atoms with Crippen LogP contribution in [0.3, 0.4) is 0 Å². The molecule has 5 heteroatoms. The molecule has 0 aromatic carbocycles. The highest BCUT2D eigenvalue weighted by atomic mass is 127. The zero-order valence-electron chi connectivity index (χ0n) is 7.74. The number of nitrogens with zero attached hydrogens (tertiary/aromatic N) is 2. The van der Waals surface area contributed by atoms with Crippen molar-refractivity contribution in [2.75, 3.05) is 6.54 Å².